The van der Waals surface area contributed by atoms with Gasteiger partial charge in [0, 0.05) is 69.6 Å². The monoisotopic (exact) mass is 530 g/mol. The minimum absolute atomic E-state index is 0.0175. The third kappa shape index (κ3) is 5.99. The van der Waals surface area contributed by atoms with Crippen molar-refractivity contribution in [3.05, 3.63) is 35.3 Å². The van der Waals surface area contributed by atoms with Gasteiger partial charge in [-0.05, 0) is 31.7 Å². The molecule has 0 atom stereocenters. The van der Waals surface area contributed by atoms with E-state index in [0.29, 0.717) is 37.3 Å². The number of piperazine rings is 1. The fourth-order valence-corrected chi connectivity index (χ4v) is 5.53. The van der Waals surface area contributed by atoms with Crippen LogP contribution in [0.3, 0.4) is 0 Å². The van der Waals surface area contributed by atoms with Crippen LogP contribution < -0.4 is 0 Å². The molecule has 2 aliphatic heterocycles. The van der Waals surface area contributed by atoms with Gasteiger partial charge >= 0.3 is 0 Å². The first-order valence-corrected chi connectivity index (χ1v) is 13.4. The van der Waals surface area contributed by atoms with E-state index in [1.54, 1.807) is 0 Å². The maximum Gasteiger partial charge on any atom is 0.260 e. The van der Waals surface area contributed by atoms with Gasteiger partial charge in [0.1, 0.15) is 0 Å². The van der Waals surface area contributed by atoms with Crippen LogP contribution in [-0.2, 0) is 27.5 Å². The van der Waals surface area contributed by atoms with Crippen LogP contribution in [0.2, 0.25) is 5.02 Å². The first kappa shape index (κ1) is 26.1. The number of hydroxylamine groups is 2. The molecule has 0 unspecified atom stereocenters. The smallest absolute Gasteiger partial charge is 0.260 e. The maximum absolute atomic E-state index is 12.3. The molecule has 4 heterocycles. The van der Waals surface area contributed by atoms with Crippen molar-refractivity contribution in [2.45, 2.75) is 32.9 Å². The van der Waals surface area contributed by atoms with Gasteiger partial charge in [-0.15, -0.1) is 0 Å². The fraction of sp³-hybridized carbons (Fsp3) is 0.577. The zero-order chi connectivity index (χ0) is 25.8. The van der Waals surface area contributed by atoms with Gasteiger partial charge in [0.25, 0.3) is 5.91 Å². The molecular weight excluding hydrogens is 496 g/mol. The summed E-state index contributed by atoms with van der Waals surface area (Å²) in [5, 5.41) is 7.47. The molecule has 0 radical (unpaired) electrons. The fourth-order valence-electron chi connectivity index (χ4n) is 5.25. The highest BCUT2D eigenvalue weighted by Crippen LogP contribution is 2.34. The van der Waals surface area contributed by atoms with Gasteiger partial charge in [-0.3, -0.25) is 19.4 Å². The summed E-state index contributed by atoms with van der Waals surface area (Å²) in [4.78, 5) is 26.6. The van der Waals surface area contributed by atoms with E-state index >= 15 is 0 Å². The molecule has 1 aromatic carbocycles. The van der Waals surface area contributed by atoms with Crippen LogP contribution in [0.1, 0.15) is 25.7 Å². The number of benzene rings is 1. The first-order chi connectivity index (χ1) is 18.1. The first-order valence-electron chi connectivity index (χ1n) is 13.0. The Morgan fingerprint density at radius 3 is 2.68 bits per heavy atom. The Morgan fingerprint density at radius 1 is 1.19 bits per heavy atom. The van der Waals surface area contributed by atoms with E-state index in [-0.39, 0.29) is 5.91 Å². The number of nitrogens with zero attached hydrogens (tertiary/aromatic N) is 6. The van der Waals surface area contributed by atoms with E-state index in [4.69, 9.17) is 30.7 Å². The summed E-state index contributed by atoms with van der Waals surface area (Å²) in [6, 6.07) is 5.96. The van der Waals surface area contributed by atoms with Crippen LogP contribution in [0.15, 0.2) is 28.9 Å². The van der Waals surface area contributed by atoms with Crippen molar-refractivity contribution in [1.29, 1.82) is 0 Å². The van der Waals surface area contributed by atoms with Gasteiger partial charge in [-0.1, -0.05) is 28.9 Å². The minimum Gasteiger partial charge on any atom is -0.381 e. The number of fused-ring (bicyclic) bond motifs is 1. The number of halogens is 1. The number of ether oxygens (including phenoxy) is 1. The number of hydrogen-bond donors (Lipinski definition) is 0. The Morgan fingerprint density at radius 2 is 1.95 bits per heavy atom. The number of para-hydroxylation sites is 1. The summed E-state index contributed by atoms with van der Waals surface area (Å²) >= 11 is 6.64. The molecule has 2 aliphatic rings. The number of carbonyl (C=O) groups is 1. The summed E-state index contributed by atoms with van der Waals surface area (Å²) in [6.07, 6.45) is 4.21. The number of carbonyl (C=O) groups excluding carboxylic acids is 1. The number of hydrogen-bond acceptors (Lipinski definition) is 8. The van der Waals surface area contributed by atoms with E-state index < -0.39 is 0 Å². The lowest BCUT2D eigenvalue weighted by Gasteiger charge is -2.34. The predicted molar refractivity (Wildman–Crippen MR) is 140 cm³/mol. The largest absolute Gasteiger partial charge is 0.381 e. The molecule has 0 bridgehead atoms. The molecule has 200 valence electrons. The molecule has 2 aromatic heterocycles. The van der Waals surface area contributed by atoms with Crippen molar-refractivity contribution < 1.29 is 18.9 Å². The second kappa shape index (κ2) is 11.9. The molecule has 0 saturated carbocycles. The Bertz CT molecular complexity index is 1200. The maximum atomic E-state index is 12.3. The zero-order valence-electron chi connectivity index (χ0n) is 21.6. The molecule has 0 N–H and O–H groups in total. The normalized spacial score (nSPS) is 18.0. The van der Waals surface area contributed by atoms with Crippen LogP contribution in [0, 0.1) is 5.92 Å². The molecule has 2 saturated heterocycles. The third-order valence-corrected chi connectivity index (χ3v) is 7.63. The second-order valence-electron chi connectivity index (χ2n) is 9.72. The molecule has 0 spiro atoms. The highest BCUT2D eigenvalue weighted by Gasteiger charge is 2.24. The van der Waals surface area contributed by atoms with Crippen LogP contribution in [0.4, 0.5) is 0 Å². The Labute approximate surface area is 222 Å². The van der Waals surface area contributed by atoms with Crippen molar-refractivity contribution in [2.75, 3.05) is 59.6 Å². The van der Waals surface area contributed by atoms with Crippen LogP contribution >= 0.6 is 11.6 Å². The van der Waals surface area contributed by atoms with Crippen molar-refractivity contribution in [1.82, 2.24) is 29.6 Å². The molecule has 0 aliphatic carbocycles. The summed E-state index contributed by atoms with van der Waals surface area (Å²) in [5.41, 5.74) is 1.94. The number of likely N-dealkylation sites (N-methyl/N-ethyl adjacent to an activating group) is 1. The minimum atomic E-state index is -0.0175. The number of amides is 1. The summed E-state index contributed by atoms with van der Waals surface area (Å²) in [6.45, 7) is 9.14. The Balaban J connectivity index is 1.24. The average Bonchev–Trinajstić information content (AvgIpc) is 3.52. The SMILES string of the molecule is CCN(OC)C(=O)CN1CCN(Cc2nc(-c3cn(CC4CCOCC4)c4c(Cl)cccc34)no2)CC1. The zero-order valence-corrected chi connectivity index (χ0v) is 22.3. The van der Waals surface area contributed by atoms with E-state index in [0.717, 1.165) is 80.3 Å². The predicted octanol–water partition coefficient (Wildman–Crippen LogP) is 3.30. The topological polar surface area (TPSA) is 89.1 Å². The van der Waals surface area contributed by atoms with Gasteiger partial charge in [0.15, 0.2) is 0 Å². The van der Waals surface area contributed by atoms with E-state index in [2.05, 4.69) is 31.8 Å². The highest BCUT2D eigenvalue weighted by atomic mass is 35.5. The van der Waals surface area contributed by atoms with E-state index in [1.165, 1.54) is 12.2 Å². The summed E-state index contributed by atoms with van der Waals surface area (Å²) in [5.74, 6) is 1.71. The van der Waals surface area contributed by atoms with E-state index in [9.17, 15) is 4.79 Å². The van der Waals surface area contributed by atoms with Gasteiger partial charge < -0.3 is 13.8 Å². The van der Waals surface area contributed by atoms with Gasteiger partial charge in [-0.25, -0.2) is 5.06 Å². The van der Waals surface area contributed by atoms with Gasteiger partial charge in [0.2, 0.25) is 11.7 Å². The van der Waals surface area contributed by atoms with Crippen LogP contribution in [0.5, 0.6) is 0 Å². The molecule has 1 amide bonds. The van der Waals surface area contributed by atoms with E-state index in [1.807, 2.05) is 19.1 Å². The highest BCUT2D eigenvalue weighted by molar-refractivity contribution is 6.35. The molecule has 2 fully saturated rings. The van der Waals surface area contributed by atoms with Crippen molar-refractivity contribution in [3.63, 3.8) is 0 Å². The van der Waals surface area contributed by atoms with Crippen LogP contribution in [-0.4, -0.2) is 95.1 Å². The Hall–Kier alpha value is -2.50. The number of rotatable bonds is 9. The average molecular weight is 531 g/mol. The number of aromatic nitrogens is 3. The summed E-state index contributed by atoms with van der Waals surface area (Å²) in [7, 11) is 1.52. The second-order valence-corrected chi connectivity index (χ2v) is 10.1. The van der Waals surface area contributed by atoms with Crippen molar-refractivity contribution in [3.8, 4) is 11.4 Å². The van der Waals surface area contributed by atoms with Crippen molar-refractivity contribution in [2.24, 2.45) is 5.92 Å². The van der Waals surface area contributed by atoms with Crippen LogP contribution in [0.25, 0.3) is 22.3 Å². The molecule has 10 nitrogen and oxygen atoms in total. The quantitative estimate of drug-likeness (QED) is 0.389. The van der Waals surface area contributed by atoms with Gasteiger partial charge in [-0.2, -0.15) is 4.98 Å². The van der Waals surface area contributed by atoms with Crippen molar-refractivity contribution >= 4 is 28.4 Å². The standard InChI is InChI=1S/C26H35ClN6O4/c1-3-33(35-2)24(34)18-31-11-9-30(10-12-31)17-23-28-26(29-37-23)21-16-32(15-19-7-13-36-14-8-19)25-20(21)5-4-6-22(25)27/h4-6,16,19H,3,7-15,17-18H2,1-2H3. The van der Waals surface area contributed by atoms with Gasteiger partial charge in [0.05, 0.1) is 30.7 Å². The molecule has 11 heteroatoms. The lowest BCUT2D eigenvalue weighted by Crippen LogP contribution is -2.49. The third-order valence-electron chi connectivity index (χ3n) is 7.32. The molecular formula is C26H35ClN6O4. The lowest BCUT2D eigenvalue weighted by atomic mass is 10.0. The molecule has 3 aromatic rings. The Kier molecular flexibility index (Phi) is 8.41. The summed E-state index contributed by atoms with van der Waals surface area (Å²) < 4.78 is 13.4. The molecule has 37 heavy (non-hydrogen) atoms. The lowest BCUT2D eigenvalue weighted by molar-refractivity contribution is -0.176. The molecule has 5 rings (SSSR count).